The van der Waals surface area contributed by atoms with E-state index in [0.29, 0.717) is 19.2 Å². The van der Waals surface area contributed by atoms with Crippen LogP contribution in [0.25, 0.3) is 0 Å². The Labute approximate surface area is 181 Å². The van der Waals surface area contributed by atoms with Gasteiger partial charge in [0.2, 0.25) is 12.4 Å². The number of ether oxygens (including phenoxy) is 2. The van der Waals surface area contributed by atoms with Crippen molar-refractivity contribution in [1.29, 1.82) is 0 Å². The Balaban J connectivity index is 1.96. The van der Waals surface area contributed by atoms with E-state index < -0.39 is 35.6 Å². The zero-order chi connectivity index (χ0) is 23.5. The van der Waals surface area contributed by atoms with Gasteiger partial charge in [-0.2, -0.15) is 18.2 Å². The van der Waals surface area contributed by atoms with Gasteiger partial charge in [-0.15, -0.1) is 0 Å². The third-order valence-electron chi connectivity index (χ3n) is 4.65. The Morgan fingerprint density at radius 3 is 2.72 bits per heavy atom. The number of morpholine rings is 1. The van der Waals surface area contributed by atoms with E-state index in [0.717, 1.165) is 0 Å². The van der Waals surface area contributed by atoms with E-state index in [1.165, 1.54) is 24.1 Å². The first-order valence-electron chi connectivity index (χ1n) is 9.83. The average molecular weight is 457 g/mol. The number of nitrogens with one attached hydrogen (secondary N) is 2. The predicted molar refractivity (Wildman–Crippen MR) is 108 cm³/mol. The van der Waals surface area contributed by atoms with Gasteiger partial charge in [-0.25, -0.2) is 9.37 Å². The maximum absolute atomic E-state index is 15.4. The van der Waals surface area contributed by atoms with Gasteiger partial charge in [0.05, 0.1) is 24.9 Å². The molecule has 1 aliphatic heterocycles. The van der Waals surface area contributed by atoms with Crippen LogP contribution in [0.1, 0.15) is 31.1 Å². The van der Waals surface area contributed by atoms with Crippen LogP contribution < -0.4 is 15.4 Å². The molecule has 1 saturated heterocycles. The lowest BCUT2D eigenvalue weighted by Gasteiger charge is -2.31. The molecule has 1 fully saturated rings. The summed E-state index contributed by atoms with van der Waals surface area (Å²) in [6.45, 7) is 4.26. The summed E-state index contributed by atoms with van der Waals surface area (Å²) < 4.78 is 65.9. The Hall–Kier alpha value is -3.15. The number of rotatable bonds is 7. The van der Waals surface area contributed by atoms with Gasteiger partial charge >= 0.3 is 6.18 Å². The van der Waals surface area contributed by atoms with E-state index >= 15 is 4.39 Å². The van der Waals surface area contributed by atoms with E-state index in [-0.39, 0.29) is 36.1 Å². The van der Waals surface area contributed by atoms with Gasteiger partial charge in [0.25, 0.3) is 0 Å². The Morgan fingerprint density at radius 1 is 1.34 bits per heavy atom. The maximum Gasteiger partial charge on any atom is 0.421 e. The summed E-state index contributed by atoms with van der Waals surface area (Å²) in [5.74, 6) is -1.46. The Morgan fingerprint density at radius 2 is 2.09 bits per heavy atom. The van der Waals surface area contributed by atoms with Crippen molar-refractivity contribution in [2.45, 2.75) is 32.2 Å². The smallest absolute Gasteiger partial charge is 0.421 e. The van der Waals surface area contributed by atoms with Gasteiger partial charge in [0.15, 0.2) is 11.6 Å². The first-order valence-corrected chi connectivity index (χ1v) is 9.83. The van der Waals surface area contributed by atoms with Crippen molar-refractivity contribution >= 4 is 23.9 Å². The predicted octanol–water partition coefficient (Wildman–Crippen LogP) is 3.74. The molecule has 1 unspecified atom stereocenters. The molecule has 32 heavy (non-hydrogen) atoms. The SMILES string of the molecule is CNc1nc(Nc2ccc(C3CN(C=O)CCO3)c(F)c2OC(C)C)ncc1C(F)(F)F. The number of alkyl halides is 3. The molecule has 0 radical (unpaired) electrons. The summed E-state index contributed by atoms with van der Waals surface area (Å²) >= 11 is 0. The molecule has 1 aliphatic rings. The van der Waals surface area contributed by atoms with Crippen molar-refractivity contribution in [2.75, 3.05) is 37.4 Å². The van der Waals surface area contributed by atoms with Crippen LogP contribution in [-0.2, 0) is 15.7 Å². The molecule has 0 aliphatic carbocycles. The molecule has 174 valence electrons. The average Bonchev–Trinajstić information content (AvgIpc) is 2.75. The molecule has 2 heterocycles. The van der Waals surface area contributed by atoms with Gasteiger partial charge in [0, 0.05) is 25.4 Å². The van der Waals surface area contributed by atoms with Gasteiger partial charge in [0.1, 0.15) is 17.5 Å². The summed E-state index contributed by atoms with van der Waals surface area (Å²) in [4.78, 5) is 20.1. The van der Waals surface area contributed by atoms with Crippen LogP contribution in [0.5, 0.6) is 5.75 Å². The maximum atomic E-state index is 15.4. The zero-order valence-electron chi connectivity index (χ0n) is 17.7. The van der Waals surface area contributed by atoms with E-state index in [1.54, 1.807) is 13.8 Å². The highest BCUT2D eigenvalue weighted by Gasteiger charge is 2.35. The first kappa shape index (κ1) is 23.5. The number of benzene rings is 1. The lowest BCUT2D eigenvalue weighted by atomic mass is 10.1. The Bertz CT molecular complexity index is 971. The molecule has 1 amide bonds. The van der Waals surface area contributed by atoms with Gasteiger partial charge in [-0.3, -0.25) is 4.79 Å². The third kappa shape index (κ3) is 5.18. The molecule has 1 aromatic heterocycles. The minimum absolute atomic E-state index is 0.129. The Kier molecular flexibility index (Phi) is 7.02. The van der Waals surface area contributed by atoms with Crippen molar-refractivity contribution < 1.29 is 31.8 Å². The van der Waals surface area contributed by atoms with Crippen molar-refractivity contribution in [1.82, 2.24) is 14.9 Å². The van der Waals surface area contributed by atoms with Gasteiger partial charge in [-0.05, 0) is 19.9 Å². The van der Waals surface area contributed by atoms with E-state index in [4.69, 9.17) is 9.47 Å². The molecule has 2 aromatic rings. The molecular formula is C20H23F4N5O3. The number of hydrogen-bond donors (Lipinski definition) is 2. The summed E-state index contributed by atoms with van der Waals surface area (Å²) in [7, 11) is 1.30. The quantitative estimate of drug-likeness (QED) is 0.484. The number of nitrogens with zero attached hydrogens (tertiary/aromatic N) is 3. The number of carbonyl (C=O) groups excluding carboxylic acids is 1. The molecule has 2 N–H and O–H groups in total. The first-order chi connectivity index (χ1) is 15.1. The van der Waals surface area contributed by atoms with Crippen LogP contribution in [0.2, 0.25) is 0 Å². The molecular weight excluding hydrogens is 434 g/mol. The highest BCUT2D eigenvalue weighted by molar-refractivity contribution is 5.65. The van der Waals surface area contributed by atoms with Crippen molar-refractivity contribution in [3.05, 3.63) is 35.3 Å². The van der Waals surface area contributed by atoms with Crippen molar-refractivity contribution in [2.24, 2.45) is 0 Å². The largest absolute Gasteiger partial charge is 0.486 e. The number of hydrogen-bond acceptors (Lipinski definition) is 7. The second-order valence-electron chi connectivity index (χ2n) is 7.30. The van der Waals surface area contributed by atoms with Crippen LogP contribution in [0, 0.1) is 5.82 Å². The normalized spacial score (nSPS) is 16.8. The minimum atomic E-state index is -4.63. The van der Waals surface area contributed by atoms with Crippen LogP contribution in [-0.4, -0.2) is 54.1 Å². The van der Waals surface area contributed by atoms with Gasteiger partial charge in [-0.1, -0.05) is 6.07 Å². The number of aromatic nitrogens is 2. The lowest BCUT2D eigenvalue weighted by Crippen LogP contribution is -2.37. The van der Waals surface area contributed by atoms with E-state index in [2.05, 4.69) is 20.6 Å². The topological polar surface area (TPSA) is 88.6 Å². The fourth-order valence-corrected chi connectivity index (χ4v) is 3.18. The third-order valence-corrected chi connectivity index (χ3v) is 4.65. The number of halogens is 4. The zero-order valence-corrected chi connectivity index (χ0v) is 17.7. The van der Waals surface area contributed by atoms with Crippen LogP contribution in [0.15, 0.2) is 18.3 Å². The molecule has 1 atom stereocenters. The van der Waals surface area contributed by atoms with Crippen molar-refractivity contribution in [3.8, 4) is 5.75 Å². The molecule has 0 bridgehead atoms. The van der Waals surface area contributed by atoms with Gasteiger partial charge < -0.3 is 25.0 Å². The second-order valence-corrected chi connectivity index (χ2v) is 7.30. The number of amides is 1. The van der Waals surface area contributed by atoms with E-state index in [1.807, 2.05) is 0 Å². The lowest BCUT2D eigenvalue weighted by molar-refractivity contribution is -0.137. The summed E-state index contributed by atoms with van der Waals surface area (Å²) in [5.41, 5.74) is -0.702. The fourth-order valence-electron chi connectivity index (χ4n) is 3.18. The highest BCUT2D eigenvalue weighted by Crippen LogP contribution is 2.38. The standard InChI is InChI=1S/C20H23F4N5O3/c1-11(2)32-17-14(27-19-26-8-13(20(22,23)24)18(25-3)28-19)5-4-12(16(17)21)15-9-29(10-30)6-7-31-15/h4-5,8,10-11,15H,6-7,9H2,1-3H3,(H2,25,26,27,28). The highest BCUT2D eigenvalue weighted by atomic mass is 19.4. The summed E-state index contributed by atoms with van der Waals surface area (Å²) in [6.07, 6.45) is -4.41. The molecule has 0 saturated carbocycles. The number of anilines is 3. The fraction of sp³-hybridized carbons (Fsp3) is 0.450. The second kappa shape index (κ2) is 9.55. The summed E-state index contributed by atoms with van der Waals surface area (Å²) in [6, 6.07) is 2.96. The van der Waals surface area contributed by atoms with E-state index in [9.17, 15) is 18.0 Å². The minimum Gasteiger partial charge on any atom is -0.486 e. The molecule has 12 heteroatoms. The van der Waals surface area contributed by atoms with Crippen LogP contribution in [0.4, 0.5) is 35.0 Å². The van der Waals surface area contributed by atoms with Crippen molar-refractivity contribution in [3.63, 3.8) is 0 Å². The monoisotopic (exact) mass is 457 g/mol. The van der Waals surface area contributed by atoms with Crippen LogP contribution >= 0.6 is 0 Å². The van der Waals surface area contributed by atoms with Crippen LogP contribution in [0.3, 0.4) is 0 Å². The molecule has 3 rings (SSSR count). The number of carbonyl (C=O) groups is 1. The molecule has 1 aromatic carbocycles. The summed E-state index contributed by atoms with van der Waals surface area (Å²) in [5, 5.41) is 5.10. The molecule has 0 spiro atoms. The molecule has 8 nitrogen and oxygen atoms in total.